The quantitative estimate of drug-likeness (QED) is 0.748. The van der Waals surface area contributed by atoms with E-state index in [0.29, 0.717) is 12.2 Å². The van der Waals surface area contributed by atoms with Crippen LogP contribution in [0.1, 0.15) is 44.4 Å². The molecule has 0 bridgehead atoms. The monoisotopic (exact) mass is 452 g/mol. The predicted molar refractivity (Wildman–Crippen MR) is 115 cm³/mol. The first-order valence-corrected chi connectivity index (χ1v) is 11.7. The number of nitrogens with one attached hydrogen (secondary N) is 1. The Morgan fingerprint density at radius 1 is 1.19 bits per heavy atom. The van der Waals surface area contributed by atoms with Crippen LogP contribution in [0.5, 0.6) is 5.75 Å². The summed E-state index contributed by atoms with van der Waals surface area (Å²) in [4.78, 5) is 13.1. The minimum Gasteiger partial charge on any atom is -0.487 e. The van der Waals surface area contributed by atoms with Crippen molar-refractivity contribution in [2.45, 2.75) is 51.8 Å². The van der Waals surface area contributed by atoms with Gasteiger partial charge in [0.2, 0.25) is 15.9 Å². The van der Waals surface area contributed by atoms with Crippen molar-refractivity contribution in [3.8, 4) is 5.75 Å². The fourth-order valence-electron chi connectivity index (χ4n) is 3.81. The third-order valence-corrected chi connectivity index (χ3v) is 6.43. The van der Waals surface area contributed by atoms with E-state index in [4.69, 9.17) is 4.74 Å². The molecule has 0 spiro atoms. The van der Waals surface area contributed by atoms with Crippen LogP contribution in [0, 0.1) is 18.6 Å². The molecule has 6 nitrogen and oxygen atoms in total. The van der Waals surface area contributed by atoms with Gasteiger partial charge in [0.05, 0.1) is 18.0 Å². The number of halogens is 2. The molecule has 2 atom stereocenters. The second-order valence-electron chi connectivity index (χ2n) is 8.50. The zero-order valence-corrected chi connectivity index (χ0v) is 18.9. The highest BCUT2D eigenvalue weighted by molar-refractivity contribution is 7.92. The first-order valence-electron chi connectivity index (χ1n) is 9.83. The van der Waals surface area contributed by atoms with E-state index in [1.807, 2.05) is 39.0 Å². The third-order valence-electron chi connectivity index (χ3n) is 5.19. The Morgan fingerprint density at radius 3 is 2.48 bits per heavy atom. The van der Waals surface area contributed by atoms with Gasteiger partial charge in [0.1, 0.15) is 17.4 Å². The maximum Gasteiger partial charge on any atom is 0.244 e. The van der Waals surface area contributed by atoms with Crippen molar-refractivity contribution in [1.82, 2.24) is 5.32 Å². The number of nitrogens with zero attached hydrogens (tertiary/aromatic N) is 1. The number of aryl methyl sites for hydroxylation is 1. The lowest BCUT2D eigenvalue weighted by atomic mass is 9.89. The normalized spacial score (nSPS) is 18.5. The van der Waals surface area contributed by atoms with Crippen LogP contribution < -0.4 is 14.4 Å². The lowest BCUT2D eigenvalue weighted by Crippen LogP contribution is -2.50. The number of rotatable bonds is 5. The number of anilines is 1. The molecule has 9 heteroatoms. The summed E-state index contributed by atoms with van der Waals surface area (Å²) in [6.45, 7) is 7.15. The highest BCUT2D eigenvalue weighted by Crippen LogP contribution is 2.40. The average molecular weight is 453 g/mol. The van der Waals surface area contributed by atoms with Gasteiger partial charge < -0.3 is 10.1 Å². The van der Waals surface area contributed by atoms with Crippen molar-refractivity contribution in [1.29, 1.82) is 0 Å². The molecule has 0 unspecified atom stereocenters. The van der Waals surface area contributed by atoms with Crippen LogP contribution in [0.2, 0.25) is 0 Å². The maximum absolute atomic E-state index is 13.7. The summed E-state index contributed by atoms with van der Waals surface area (Å²) in [6.07, 6.45) is 1.39. The molecule has 0 radical (unpaired) electrons. The van der Waals surface area contributed by atoms with Gasteiger partial charge in [0.15, 0.2) is 11.6 Å². The maximum atomic E-state index is 13.7. The molecule has 0 saturated carbocycles. The van der Waals surface area contributed by atoms with E-state index in [1.54, 1.807) is 0 Å². The van der Waals surface area contributed by atoms with E-state index >= 15 is 0 Å². The molecule has 2 aromatic carbocycles. The Labute approximate surface area is 181 Å². The number of carbonyl (C=O) groups excluding carboxylic acids is 1. The molecule has 31 heavy (non-hydrogen) atoms. The molecule has 1 aliphatic rings. The topological polar surface area (TPSA) is 75.7 Å². The SMILES string of the molecule is Cc1ccc2c(c1)OC(C)(C)C[C@@H]2NC(=O)[C@H](C)N(c1ccc(F)c(F)c1)S(C)(=O)=O. The smallest absolute Gasteiger partial charge is 0.244 e. The minimum atomic E-state index is -3.96. The first-order chi connectivity index (χ1) is 14.3. The Balaban J connectivity index is 1.92. The summed E-state index contributed by atoms with van der Waals surface area (Å²) in [5.41, 5.74) is 1.13. The van der Waals surface area contributed by atoms with Crippen LogP contribution in [0.4, 0.5) is 14.5 Å². The molecule has 2 aromatic rings. The van der Waals surface area contributed by atoms with Gasteiger partial charge in [-0.25, -0.2) is 17.2 Å². The van der Waals surface area contributed by atoms with Crippen molar-refractivity contribution < 1.29 is 26.7 Å². The van der Waals surface area contributed by atoms with E-state index in [2.05, 4.69) is 5.32 Å². The Bertz CT molecular complexity index is 1120. The number of hydrogen-bond donors (Lipinski definition) is 1. The molecule has 0 saturated heterocycles. The molecule has 0 aromatic heterocycles. The van der Waals surface area contributed by atoms with Gasteiger partial charge in [0.25, 0.3) is 0 Å². The van der Waals surface area contributed by atoms with Gasteiger partial charge in [-0.15, -0.1) is 0 Å². The summed E-state index contributed by atoms with van der Waals surface area (Å²) in [6, 6.07) is 6.79. The van der Waals surface area contributed by atoms with Crippen LogP contribution in [-0.4, -0.2) is 32.2 Å². The predicted octanol–water partition coefficient (Wildman–Crippen LogP) is 3.85. The number of amides is 1. The highest BCUT2D eigenvalue weighted by atomic mass is 32.2. The molecular weight excluding hydrogens is 426 g/mol. The zero-order chi connectivity index (χ0) is 23.1. The van der Waals surface area contributed by atoms with Crippen molar-refractivity contribution in [3.63, 3.8) is 0 Å². The molecule has 0 fully saturated rings. The number of benzene rings is 2. The van der Waals surface area contributed by atoms with Crippen molar-refractivity contribution in [2.75, 3.05) is 10.6 Å². The van der Waals surface area contributed by atoms with E-state index in [1.165, 1.54) is 6.92 Å². The number of sulfonamides is 1. The highest BCUT2D eigenvalue weighted by Gasteiger charge is 2.37. The minimum absolute atomic E-state index is 0.132. The zero-order valence-electron chi connectivity index (χ0n) is 18.1. The third kappa shape index (κ3) is 4.98. The summed E-state index contributed by atoms with van der Waals surface area (Å²) in [5, 5.41) is 2.91. The van der Waals surface area contributed by atoms with Crippen molar-refractivity contribution >= 4 is 21.6 Å². The van der Waals surface area contributed by atoms with Crippen LogP contribution in [-0.2, 0) is 14.8 Å². The lowest BCUT2D eigenvalue weighted by Gasteiger charge is -2.39. The van der Waals surface area contributed by atoms with E-state index in [9.17, 15) is 22.0 Å². The molecule has 1 amide bonds. The van der Waals surface area contributed by atoms with Crippen molar-refractivity contribution in [3.05, 3.63) is 59.2 Å². The Morgan fingerprint density at radius 2 is 1.87 bits per heavy atom. The number of fused-ring (bicyclic) bond motifs is 1. The molecule has 1 heterocycles. The Kier molecular flexibility index (Phi) is 6.01. The summed E-state index contributed by atoms with van der Waals surface area (Å²) < 4.78 is 58.7. The molecule has 0 aliphatic carbocycles. The molecular formula is C22H26F2N2O4S. The molecule has 3 rings (SSSR count). The van der Waals surface area contributed by atoms with Crippen LogP contribution in [0.3, 0.4) is 0 Å². The fourth-order valence-corrected chi connectivity index (χ4v) is 4.98. The number of ether oxygens (including phenoxy) is 1. The second kappa shape index (κ2) is 8.11. The van der Waals surface area contributed by atoms with E-state index < -0.39 is 45.2 Å². The standard InChI is InChI=1S/C22H26F2N2O4S/c1-13-6-8-16-19(12-22(3,4)30-20(16)10-13)25-21(27)14(2)26(31(5,28)29)15-7-9-17(23)18(24)11-15/h6-11,14,19H,12H2,1-5H3,(H,25,27)/t14-,19-/m0/s1. The molecule has 1 aliphatic heterocycles. The Hall–Kier alpha value is -2.68. The van der Waals surface area contributed by atoms with Gasteiger partial charge in [-0.1, -0.05) is 12.1 Å². The molecule has 1 N–H and O–H groups in total. The number of hydrogen-bond acceptors (Lipinski definition) is 4. The first kappa shape index (κ1) is 23.0. The van der Waals surface area contributed by atoms with Gasteiger partial charge in [-0.05, 0) is 51.5 Å². The molecule has 168 valence electrons. The van der Waals surface area contributed by atoms with E-state index in [-0.39, 0.29) is 5.69 Å². The lowest BCUT2D eigenvalue weighted by molar-refractivity contribution is -0.123. The van der Waals surface area contributed by atoms with Crippen LogP contribution in [0.25, 0.3) is 0 Å². The summed E-state index contributed by atoms with van der Waals surface area (Å²) >= 11 is 0. The second-order valence-corrected chi connectivity index (χ2v) is 10.4. The average Bonchev–Trinajstić information content (AvgIpc) is 2.62. The van der Waals surface area contributed by atoms with Gasteiger partial charge in [-0.3, -0.25) is 9.10 Å². The van der Waals surface area contributed by atoms with Gasteiger partial charge >= 0.3 is 0 Å². The van der Waals surface area contributed by atoms with Crippen LogP contribution >= 0.6 is 0 Å². The summed E-state index contributed by atoms with van der Waals surface area (Å²) in [7, 11) is -3.96. The number of carbonyl (C=O) groups is 1. The fraction of sp³-hybridized carbons (Fsp3) is 0.409. The van der Waals surface area contributed by atoms with E-state index in [0.717, 1.165) is 39.9 Å². The van der Waals surface area contributed by atoms with Crippen LogP contribution in [0.15, 0.2) is 36.4 Å². The van der Waals surface area contributed by atoms with Gasteiger partial charge in [0, 0.05) is 18.1 Å². The van der Waals surface area contributed by atoms with Crippen molar-refractivity contribution in [2.24, 2.45) is 0 Å². The van der Waals surface area contributed by atoms with Gasteiger partial charge in [-0.2, -0.15) is 0 Å². The summed E-state index contributed by atoms with van der Waals surface area (Å²) in [5.74, 6) is -2.21. The largest absolute Gasteiger partial charge is 0.487 e.